The number of hydrogen-bond acceptors (Lipinski definition) is 1. The molecular weight excluding hydrogens is 446 g/mol. The van der Waals surface area contributed by atoms with Gasteiger partial charge in [-0.05, 0) is 72.5 Å². The largest absolute Gasteiger partial charge is 0.311 e. The van der Waals surface area contributed by atoms with Crippen LogP contribution in [0.2, 0.25) is 0 Å². The SMILES string of the molecule is Cc1ccc(N(c2ccc(C)cc2)c2ccc(C=CC=C(c3ccccc3)c3ccccc3)cc2)cc1. The maximum Gasteiger partial charge on any atom is 0.0462 e. The number of rotatable bonds is 7. The number of aryl methyl sites for hydroxylation is 2. The van der Waals surface area contributed by atoms with Gasteiger partial charge in [0.1, 0.15) is 0 Å². The molecule has 5 rings (SSSR count). The summed E-state index contributed by atoms with van der Waals surface area (Å²) >= 11 is 0. The second-order valence-corrected chi connectivity index (χ2v) is 9.27. The van der Waals surface area contributed by atoms with E-state index in [1.54, 1.807) is 0 Å². The third-order valence-electron chi connectivity index (χ3n) is 6.46. The van der Waals surface area contributed by atoms with Crippen LogP contribution in [0.15, 0.2) is 146 Å². The Morgan fingerprint density at radius 2 is 0.892 bits per heavy atom. The summed E-state index contributed by atoms with van der Waals surface area (Å²) in [6, 6.07) is 47.2. The van der Waals surface area contributed by atoms with E-state index in [0.717, 1.165) is 22.6 Å². The molecule has 0 heterocycles. The predicted molar refractivity (Wildman–Crippen MR) is 160 cm³/mol. The van der Waals surface area contributed by atoms with Crippen molar-refractivity contribution in [1.29, 1.82) is 0 Å². The van der Waals surface area contributed by atoms with Crippen molar-refractivity contribution >= 4 is 28.7 Å². The van der Waals surface area contributed by atoms with E-state index in [0.29, 0.717) is 0 Å². The molecule has 0 saturated carbocycles. The number of nitrogens with zero attached hydrogens (tertiary/aromatic N) is 1. The van der Waals surface area contributed by atoms with Gasteiger partial charge in [0.15, 0.2) is 0 Å². The Morgan fingerprint density at radius 1 is 0.486 bits per heavy atom. The third-order valence-corrected chi connectivity index (χ3v) is 6.46. The zero-order valence-corrected chi connectivity index (χ0v) is 21.4. The Balaban J connectivity index is 1.44. The summed E-state index contributed by atoms with van der Waals surface area (Å²) in [5.41, 5.74) is 10.7. The van der Waals surface area contributed by atoms with E-state index < -0.39 is 0 Å². The van der Waals surface area contributed by atoms with Gasteiger partial charge >= 0.3 is 0 Å². The molecule has 0 unspecified atom stereocenters. The van der Waals surface area contributed by atoms with Gasteiger partial charge in [-0.3, -0.25) is 0 Å². The van der Waals surface area contributed by atoms with Gasteiger partial charge in [0.05, 0.1) is 0 Å². The summed E-state index contributed by atoms with van der Waals surface area (Å²) < 4.78 is 0. The molecule has 0 aliphatic carbocycles. The van der Waals surface area contributed by atoms with Crippen molar-refractivity contribution in [1.82, 2.24) is 0 Å². The van der Waals surface area contributed by atoms with Gasteiger partial charge in [-0.2, -0.15) is 0 Å². The highest BCUT2D eigenvalue weighted by atomic mass is 15.1. The van der Waals surface area contributed by atoms with E-state index in [1.807, 2.05) is 0 Å². The summed E-state index contributed by atoms with van der Waals surface area (Å²) in [7, 11) is 0. The molecule has 37 heavy (non-hydrogen) atoms. The van der Waals surface area contributed by atoms with Crippen LogP contribution in [0.1, 0.15) is 27.8 Å². The Kier molecular flexibility index (Phi) is 7.43. The molecule has 0 aromatic heterocycles. The molecule has 0 N–H and O–H groups in total. The highest BCUT2D eigenvalue weighted by molar-refractivity contribution is 5.82. The van der Waals surface area contributed by atoms with Crippen LogP contribution in [0, 0.1) is 13.8 Å². The molecule has 0 saturated heterocycles. The van der Waals surface area contributed by atoms with E-state index in [4.69, 9.17) is 0 Å². The average molecular weight is 478 g/mol. The highest BCUT2D eigenvalue weighted by Gasteiger charge is 2.12. The molecule has 0 spiro atoms. The van der Waals surface area contributed by atoms with Crippen LogP contribution < -0.4 is 4.90 Å². The van der Waals surface area contributed by atoms with Crippen LogP contribution in [-0.4, -0.2) is 0 Å². The lowest BCUT2D eigenvalue weighted by Gasteiger charge is -2.25. The zero-order valence-electron chi connectivity index (χ0n) is 21.4. The summed E-state index contributed by atoms with van der Waals surface area (Å²) in [4.78, 5) is 2.30. The van der Waals surface area contributed by atoms with Crippen molar-refractivity contribution in [3.8, 4) is 0 Å². The van der Waals surface area contributed by atoms with Crippen LogP contribution in [-0.2, 0) is 0 Å². The minimum absolute atomic E-state index is 1.13. The predicted octanol–water partition coefficient (Wildman–Crippen LogP) is 9.92. The van der Waals surface area contributed by atoms with Crippen molar-refractivity contribution in [3.05, 3.63) is 173 Å². The van der Waals surface area contributed by atoms with Gasteiger partial charge in [0.25, 0.3) is 0 Å². The molecule has 180 valence electrons. The molecule has 5 aromatic carbocycles. The lowest BCUT2D eigenvalue weighted by atomic mass is 9.97. The molecule has 1 nitrogen and oxygen atoms in total. The molecule has 0 radical (unpaired) electrons. The fourth-order valence-corrected chi connectivity index (χ4v) is 4.42. The molecule has 0 bridgehead atoms. The molecular formula is C36H31N. The second kappa shape index (κ2) is 11.4. The maximum atomic E-state index is 2.30. The van der Waals surface area contributed by atoms with Crippen LogP contribution in [0.5, 0.6) is 0 Å². The monoisotopic (exact) mass is 477 g/mol. The summed E-state index contributed by atoms with van der Waals surface area (Å²) in [6.45, 7) is 4.24. The van der Waals surface area contributed by atoms with Gasteiger partial charge in [-0.15, -0.1) is 0 Å². The zero-order chi connectivity index (χ0) is 25.5. The Hall–Kier alpha value is -4.62. The molecule has 0 aliphatic heterocycles. The van der Waals surface area contributed by atoms with E-state index in [2.05, 4.69) is 170 Å². The summed E-state index contributed by atoms with van der Waals surface area (Å²) in [5, 5.41) is 0. The second-order valence-electron chi connectivity index (χ2n) is 9.27. The standard InChI is InChI=1S/C36H31N/c1-28-16-22-33(23-17-28)37(34-24-18-29(2)19-25-34)35-26-20-30(21-27-35)10-9-15-36(31-11-5-3-6-12-31)32-13-7-4-8-14-32/h3-27H,1-2H3. The van der Waals surface area contributed by atoms with Gasteiger partial charge in [-0.1, -0.05) is 126 Å². The van der Waals surface area contributed by atoms with Gasteiger partial charge < -0.3 is 4.90 Å². The van der Waals surface area contributed by atoms with Crippen molar-refractivity contribution in [3.63, 3.8) is 0 Å². The van der Waals surface area contributed by atoms with E-state index >= 15 is 0 Å². The van der Waals surface area contributed by atoms with Crippen LogP contribution in [0.4, 0.5) is 17.1 Å². The molecule has 0 aliphatic rings. The Bertz CT molecular complexity index is 1390. The van der Waals surface area contributed by atoms with Crippen molar-refractivity contribution < 1.29 is 0 Å². The Morgan fingerprint density at radius 3 is 1.32 bits per heavy atom. The first-order chi connectivity index (χ1) is 18.2. The first kappa shape index (κ1) is 24.1. The fraction of sp³-hybridized carbons (Fsp3) is 0.0556. The topological polar surface area (TPSA) is 3.24 Å². The van der Waals surface area contributed by atoms with Crippen LogP contribution >= 0.6 is 0 Å². The highest BCUT2D eigenvalue weighted by Crippen LogP contribution is 2.35. The number of benzene rings is 5. The fourth-order valence-electron chi connectivity index (χ4n) is 4.42. The van der Waals surface area contributed by atoms with E-state index in [-0.39, 0.29) is 0 Å². The minimum Gasteiger partial charge on any atom is -0.311 e. The lowest BCUT2D eigenvalue weighted by Crippen LogP contribution is -2.09. The van der Waals surface area contributed by atoms with Crippen molar-refractivity contribution in [2.45, 2.75) is 13.8 Å². The van der Waals surface area contributed by atoms with Crippen LogP contribution in [0.3, 0.4) is 0 Å². The average Bonchev–Trinajstić information content (AvgIpc) is 2.95. The lowest BCUT2D eigenvalue weighted by molar-refractivity contribution is 1.27. The third kappa shape index (κ3) is 5.97. The first-order valence-electron chi connectivity index (χ1n) is 12.7. The maximum absolute atomic E-state index is 2.30. The first-order valence-corrected chi connectivity index (χ1v) is 12.7. The normalized spacial score (nSPS) is 10.9. The Labute approximate surface area is 220 Å². The number of anilines is 3. The summed E-state index contributed by atoms with van der Waals surface area (Å²) in [5.74, 6) is 0. The van der Waals surface area contributed by atoms with Crippen molar-refractivity contribution in [2.75, 3.05) is 4.90 Å². The molecule has 5 aromatic rings. The summed E-state index contributed by atoms with van der Waals surface area (Å²) in [6.07, 6.45) is 6.50. The van der Waals surface area contributed by atoms with Gasteiger partial charge in [0.2, 0.25) is 0 Å². The quantitative estimate of drug-likeness (QED) is 0.211. The van der Waals surface area contributed by atoms with Gasteiger partial charge in [-0.25, -0.2) is 0 Å². The smallest absolute Gasteiger partial charge is 0.0462 e. The van der Waals surface area contributed by atoms with Crippen LogP contribution in [0.25, 0.3) is 11.6 Å². The molecule has 1 heteroatoms. The number of hydrogen-bond donors (Lipinski definition) is 0. The minimum atomic E-state index is 1.13. The van der Waals surface area contributed by atoms with Crippen molar-refractivity contribution in [2.24, 2.45) is 0 Å². The molecule has 0 atom stereocenters. The van der Waals surface area contributed by atoms with E-state index in [9.17, 15) is 0 Å². The van der Waals surface area contributed by atoms with E-state index in [1.165, 1.54) is 27.8 Å². The molecule has 0 amide bonds. The number of allylic oxidation sites excluding steroid dienone is 2. The van der Waals surface area contributed by atoms with Gasteiger partial charge in [0, 0.05) is 17.1 Å². The molecule has 0 fully saturated rings.